The van der Waals surface area contributed by atoms with Crippen molar-refractivity contribution in [3.8, 4) is 0 Å². The monoisotopic (exact) mass is 404 g/mol. The molecule has 1 rings (SSSR count). The van der Waals surface area contributed by atoms with Gasteiger partial charge in [-0.15, -0.1) is 0 Å². The Morgan fingerprint density at radius 3 is 1.74 bits per heavy atom. The van der Waals surface area contributed by atoms with E-state index in [1.807, 2.05) is 0 Å². The fourth-order valence-electron chi connectivity index (χ4n) is 2.82. The number of rotatable bonds is 14. The summed E-state index contributed by atoms with van der Waals surface area (Å²) in [6.45, 7) is 6.34. The number of hydrogen-bond donors (Lipinski definition) is 0. The number of carbonyl (C=O) groups is 1. The first-order chi connectivity index (χ1) is 12.7. The second-order valence-electron chi connectivity index (χ2n) is 7.11. The minimum Gasteiger partial charge on any atom is -1.00 e. The van der Waals surface area contributed by atoms with E-state index < -0.39 is 0 Å². The standard InChI is InChI=1S/C18H30.C6H12O2.Ca.2H/c1-2-3-4-5-6-7-8-9-10-12-15-18-16-13-11-14-17-18;1-3-4-5-8-6(2)7;;;/h11,13-14,16-17H,2-10,12,15H2,1H3;3-5H2,1-2H3;;;/q;;+2;2*-1. The van der Waals surface area contributed by atoms with Crippen LogP contribution >= 0.6 is 0 Å². The summed E-state index contributed by atoms with van der Waals surface area (Å²) in [5.41, 5.74) is 1.50. The molecule has 0 radical (unpaired) electrons. The average Bonchev–Trinajstić information content (AvgIpc) is 2.65. The first kappa shape index (κ1) is 29.2. The Morgan fingerprint density at radius 1 is 0.778 bits per heavy atom. The van der Waals surface area contributed by atoms with E-state index in [0.29, 0.717) is 6.61 Å². The van der Waals surface area contributed by atoms with Crippen LogP contribution in [0.1, 0.15) is 106 Å². The molecule has 0 saturated carbocycles. The van der Waals surface area contributed by atoms with Crippen LogP contribution in [0.15, 0.2) is 30.3 Å². The largest absolute Gasteiger partial charge is 2.00 e. The zero-order valence-electron chi connectivity index (χ0n) is 20.3. The number of hydrogen-bond acceptors (Lipinski definition) is 2. The van der Waals surface area contributed by atoms with Gasteiger partial charge in [-0.2, -0.15) is 0 Å². The van der Waals surface area contributed by atoms with E-state index in [2.05, 4.69) is 48.9 Å². The number of unbranched alkanes of at least 4 members (excludes halogenated alkanes) is 10. The van der Waals surface area contributed by atoms with Gasteiger partial charge in [-0.25, -0.2) is 0 Å². The van der Waals surface area contributed by atoms with Crippen molar-refractivity contribution < 1.29 is 12.4 Å². The summed E-state index contributed by atoms with van der Waals surface area (Å²) >= 11 is 0. The molecule has 27 heavy (non-hydrogen) atoms. The predicted octanol–water partition coefficient (Wildman–Crippen LogP) is 7.34. The summed E-state index contributed by atoms with van der Waals surface area (Å²) in [5, 5.41) is 0. The quantitative estimate of drug-likeness (QED) is 0.184. The molecule has 0 aromatic heterocycles. The molecule has 1 aromatic carbocycles. The molecular formula is C24H44CaO2. The molecule has 1 aromatic rings. The van der Waals surface area contributed by atoms with E-state index in [9.17, 15) is 4.79 Å². The Kier molecular flexibility index (Phi) is 25.9. The van der Waals surface area contributed by atoms with Crippen LogP contribution < -0.4 is 0 Å². The molecule has 0 saturated heterocycles. The zero-order chi connectivity index (χ0) is 19.3. The molecule has 154 valence electrons. The Labute approximate surface area is 201 Å². The number of ether oxygens (including phenoxy) is 1. The van der Waals surface area contributed by atoms with Crippen molar-refractivity contribution in [2.75, 3.05) is 6.61 Å². The number of esters is 1. The topological polar surface area (TPSA) is 26.3 Å². The Hall–Kier alpha value is -0.0503. The second kappa shape index (κ2) is 24.0. The summed E-state index contributed by atoms with van der Waals surface area (Å²) in [5.74, 6) is -0.182. The maximum atomic E-state index is 10.1. The van der Waals surface area contributed by atoms with Crippen LogP contribution in [0, 0.1) is 0 Å². The normalized spacial score (nSPS) is 9.74. The van der Waals surface area contributed by atoms with Gasteiger partial charge in [-0.1, -0.05) is 108 Å². The summed E-state index contributed by atoms with van der Waals surface area (Å²) in [6, 6.07) is 10.9. The molecule has 0 heterocycles. The summed E-state index contributed by atoms with van der Waals surface area (Å²) in [7, 11) is 0. The molecule has 0 fully saturated rings. The van der Waals surface area contributed by atoms with E-state index in [-0.39, 0.29) is 46.6 Å². The van der Waals surface area contributed by atoms with Crippen LogP contribution in [0.3, 0.4) is 0 Å². The maximum Gasteiger partial charge on any atom is 2.00 e. The first-order valence-electron chi connectivity index (χ1n) is 10.9. The molecule has 0 aliphatic heterocycles. The van der Waals surface area contributed by atoms with Gasteiger partial charge in [-0.3, -0.25) is 4.79 Å². The third-order valence-corrected chi connectivity index (χ3v) is 4.47. The van der Waals surface area contributed by atoms with E-state index in [1.165, 1.54) is 83.1 Å². The summed E-state index contributed by atoms with van der Waals surface area (Å²) in [6.07, 6.45) is 17.6. The van der Waals surface area contributed by atoms with Crippen LogP contribution in [0.5, 0.6) is 0 Å². The van der Waals surface area contributed by atoms with Crippen LogP contribution in [0.4, 0.5) is 0 Å². The van der Waals surface area contributed by atoms with E-state index in [4.69, 9.17) is 0 Å². The number of benzene rings is 1. The molecule has 0 aliphatic rings. The van der Waals surface area contributed by atoms with Gasteiger partial charge in [0.15, 0.2) is 0 Å². The SMILES string of the molecule is CCCCCCCCCCCCc1ccccc1.CCCCOC(C)=O.[Ca+2].[H-].[H-]. The zero-order valence-corrected chi connectivity index (χ0v) is 20.5. The second-order valence-corrected chi connectivity index (χ2v) is 7.11. The third kappa shape index (κ3) is 23.9. The molecule has 0 amide bonds. The molecule has 0 bridgehead atoms. The van der Waals surface area contributed by atoms with Crippen LogP contribution in [0.2, 0.25) is 0 Å². The predicted molar refractivity (Wildman–Crippen MR) is 122 cm³/mol. The van der Waals surface area contributed by atoms with E-state index >= 15 is 0 Å². The first-order valence-corrected chi connectivity index (χ1v) is 10.9. The molecule has 0 unspecified atom stereocenters. The van der Waals surface area contributed by atoms with Gasteiger partial charge >= 0.3 is 43.7 Å². The molecule has 0 N–H and O–H groups in total. The van der Waals surface area contributed by atoms with Crippen molar-refractivity contribution in [3.05, 3.63) is 35.9 Å². The molecule has 0 aliphatic carbocycles. The molecular weight excluding hydrogens is 360 g/mol. The summed E-state index contributed by atoms with van der Waals surface area (Å²) in [4.78, 5) is 10.1. The molecule has 3 heteroatoms. The fraction of sp³-hybridized carbons (Fsp3) is 0.708. The van der Waals surface area contributed by atoms with Gasteiger partial charge in [0.1, 0.15) is 0 Å². The van der Waals surface area contributed by atoms with Gasteiger partial charge in [0.05, 0.1) is 6.61 Å². The van der Waals surface area contributed by atoms with Crippen LogP contribution in [0.25, 0.3) is 0 Å². The van der Waals surface area contributed by atoms with Crippen molar-refractivity contribution >= 4 is 43.7 Å². The van der Waals surface area contributed by atoms with Gasteiger partial charge in [-0.05, 0) is 24.8 Å². The van der Waals surface area contributed by atoms with Crippen molar-refractivity contribution in [2.24, 2.45) is 0 Å². The minimum absolute atomic E-state index is 0. The maximum absolute atomic E-state index is 10.1. The van der Waals surface area contributed by atoms with Gasteiger partial charge in [0.25, 0.3) is 0 Å². The van der Waals surface area contributed by atoms with Crippen molar-refractivity contribution in [1.82, 2.24) is 0 Å². The van der Waals surface area contributed by atoms with Gasteiger partial charge in [0, 0.05) is 6.92 Å². The number of carbonyl (C=O) groups excluding carboxylic acids is 1. The van der Waals surface area contributed by atoms with E-state index in [0.717, 1.165) is 12.8 Å². The Balaban J connectivity index is -0.000000246. The Bertz CT molecular complexity index is 417. The van der Waals surface area contributed by atoms with Crippen molar-refractivity contribution in [2.45, 2.75) is 104 Å². The molecule has 0 atom stereocenters. The van der Waals surface area contributed by atoms with Crippen molar-refractivity contribution in [3.63, 3.8) is 0 Å². The van der Waals surface area contributed by atoms with Gasteiger partial charge < -0.3 is 7.59 Å². The minimum atomic E-state index is -0.182. The molecule has 2 nitrogen and oxygen atoms in total. The number of aryl methyl sites for hydroxylation is 1. The summed E-state index contributed by atoms with van der Waals surface area (Å²) < 4.78 is 4.64. The fourth-order valence-corrected chi connectivity index (χ4v) is 2.82. The molecule has 0 spiro atoms. The smallest absolute Gasteiger partial charge is 1.00 e. The third-order valence-electron chi connectivity index (χ3n) is 4.47. The Morgan fingerprint density at radius 2 is 1.26 bits per heavy atom. The van der Waals surface area contributed by atoms with Crippen LogP contribution in [-0.2, 0) is 16.0 Å². The van der Waals surface area contributed by atoms with Gasteiger partial charge in [0.2, 0.25) is 0 Å². The van der Waals surface area contributed by atoms with E-state index in [1.54, 1.807) is 0 Å². The van der Waals surface area contributed by atoms with Crippen molar-refractivity contribution in [1.29, 1.82) is 0 Å². The van der Waals surface area contributed by atoms with Crippen LogP contribution in [-0.4, -0.2) is 50.3 Å². The average molecular weight is 405 g/mol.